The van der Waals surface area contributed by atoms with Gasteiger partial charge in [0, 0.05) is 5.69 Å². The topological polar surface area (TPSA) is 49.4 Å². The molecule has 1 N–H and O–H groups in total. The maximum Gasteiger partial charge on any atom is 0.244 e. The Morgan fingerprint density at radius 3 is 2.75 bits per heavy atom. The lowest BCUT2D eigenvalue weighted by Gasteiger charge is -2.16. The summed E-state index contributed by atoms with van der Waals surface area (Å²) in [6.45, 7) is 3.80. The van der Waals surface area contributed by atoms with Gasteiger partial charge in [0.15, 0.2) is 0 Å². The number of nitrogens with zero attached hydrogens (tertiary/aromatic N) is 1. The molecule has 20 heavy (non-hydrogen) atoms. The quantitative estimate of drug-likeness (QED) is 0.868. The van der Waals surface area contributed by atoms with Crippen molar-refractivity contribution in [3.63, 3.8) is 0 Å². The first-order valence-electron chi connectivity index (χ1n) is 6.42. The van der Waals surface area contributed by atoms with Crippen molar-refractivity contribution in [2.75, 3.05) is 11.9 Å². The van der Waals surface area contributed by atoms with Crippen LogP contribution in [0.4, 0.5) is 5.69 Å². The van der Waals surface area contributed by atoms with Gasteiger partial charge in [0.2, 0.25) is 11.8 Å². The molecule has 0 spiro atoms. The average Bonchev–Trinajstić information content (AvgIpc) is 2.66. The van der Waals surface area contributed by atoms with Crippen LogP contribution in [-0.4, -0.2) is 32.8 Å². The highest BCUT2D eigenvalue weighted by molar-refractivity contribution is 8.24. The zero-order valence-electron chi connectivity index (χ0n) is 11.4. The van der Waals surface area contributed by atoms with Gasteiger partial charge in [-0.2, -0.15) is 0 Å². The first kappa shape index (κ1) is 15.0. The number of anilines is 1. The van der Waals surface area contributed by atoms with E-state index < -0.39 is 0 Å². The molecule has 0 bridgehead atoms. The zero-order chi connectivity index (χ0) is 14.7. The van der Waals surface area contributed by atoms with Crippen molar-refractivity contribution in [2.24, 2.45) is 0 Å². The first-order valence-corrected chi connectivity index (χ1v) is 7.71. The van der Waals surface area contributed by atoms with Crippen molar-refractivity contribution in [3.05, 3.63) is 29.8 Å². The van der Waals surface area contributed by atoms with Gasteiger partial charge in [0.1, 0.15) is 10.9 Å². The lowest BCUT2D eigenvalue weighted by molar-refractivity contribution is -0.129. The summed E-state index contributed by atoms with van der Waals surface area (Å²) in [6, 6.07) is 7.64. The third-order valence-electron chi connectivity index (χ3n) is 3.09. The Bertz CT molecular complexity index is 560. The molecule has 6 heteroatoms. The van der Waals surface area contributed by atoms with E-state index in [4.69, 9.17) is 12.2 Å². The molecule has 1 aliphatic heterocycles. The van der Waals surface area contributed by atoms with Crippen LogP contribution in [0.3, 0.4) is 0 Å². The standard InChI is InChI=1S/C14H16N2O2S2/c1-3-10-6-4-5-7-11(10)15-12(17)8-16-13(18)9(2)20-14(16)19/h4-7,9H,3,8H2,1-2H3,(H,15,17). The van der Waals surface area contributed by atoms with Crippen LogP contribution in [0, 0.1) is 0 Å². The third kappa shape index (κ3) is 3.19. The van der Waals surface area contributed by atoms with Crippen LogP contribution in [0.1, 0.15) is 19.4 Å². The number of carbonyl (C=O) groups excluding carboxylic acids is 2. The summed E-state index contributed by atoms with van der Waals surface area (Å²) in [7, 11) is 0. The van der Waals surface area contributed by atoms with Gasteiger partial charge < -0.3 is 5.32 Å². The highest BCUT2D eigenvalue weighted by atomic mass is 32.2. The normalized spacial score (nSPS) is 18.5. The molecule has 106 valence electrons. The number of hydrogen-bond donors (Lipinski definition) is 1. The monoisotopic (exact) mass is 308 g/mol. The number of benzene rings is 1. The molecule has 1 aliphatic rings. The fraction of sp³-hybridized carbons (Fsp3) is 0.357. The molecule has 4 nitrogen and oxygen atoms in total. The lowest BCUT2D eigenvalue weighted by atomic mass is 10.1. The number of amides is 2. The number of nitrogens with one attached hydrogen (secondary N) is 1. The summed E-state index contributed by atoms with van der Waals surface area (Å²) < 4.78 is 0.474. The van der Waals surface area contributed by atoms with E-state index in [0.29, 0.717) is 4.32 Å². The van der Waals surface area contributed by atoms with Crippen LogP contribution in [0.2, 0.25) is 0 Å². The number of thioether (sulfide) groups is 1. The summed E-state index contributed by atoms with van der Waals surface area (Å²) in [5.41, 5.74) is 1.86. The molecular formula is C14H16N2O2S2. The Balaban J connectivity index is 2.03. The minimum absolute atomic E-state index is 0.0208. The second kappa shape index (κ2) is 6.37. The van der Waals surface area contributed by atoms with Gasteiger partial charge in [-0.05, 0) is 25.0 Å². The van der Waals surface area contributed by atoms with E-state index in [0.717, 1.165) is 17.7 Å². The largest absolute Gasteiger partial charge is 0.324 e. The van der Waals surface area contributed by atoms with E-state index in [-0.39, 0.29) is 23.6 Å². The van der Waals surface area contributed by atoms with Crippen LogP contribution in [-0.2, 0) is 16.0 Å². The SMILES string of the molecule is CCc1ccccc1NC(=O)CN1C(=O)C(C)SC1=S. The van der Waals surface area contributed by atoms with Crippen LogP contribution in [0.5, 0.6) is 0 Å². The number of carbonyl (C=O) groups is 2. The Labute approximate surface area is 127 Å². The molecule has 2 rings (SSSR count). The summed E-state index contributed by atoms with van der Waals surface area (Å²) in [5, 5.41) is 2.65. The molecule has 2 amide bonds. The van der Waals surface area contributed by atoms with Crippen LogP contribution < -0.4 is 5.32 Å². The zero-order valence-corrected chi connectivity index (χ0v) is 13.0. The van der Waals surface area contributed by atoms with Gasteiger partial charge in [-0.25, -0.2) is 0 Å². The fourth-order valence-electron chi connectivity index (χ4n) is 2.00. The van der Waals surface area contributed by atoms with Crippen molar-refractivity contribution >= 4 is 45.8 Å². The van der Waals surface area contributed by atoms with E-state index in [9.17, 15) is 9.59 Å². The summed E-state index contributed by atoms with van der Waals surface area (Å²) in [6.07, 6.45) is 0.838. The van der Waals surface area contributed by atoms with Gasteiger partial charge in [0.25, 0.3) is 0 Å². The van der Waals surface area contributed by atoms with Crippen molar-refractivity contribution in [2.45, 2.75) is 25.5 Å². The smallest absolute Gasteiger partial charge is 0.244 e. The van der Waals surface area contributed by atoms with Gasteiger partial charge in [-0.3, -0.25) is 14.5 Å². The lowest BCUT2D eigenvalue weighted by Crippen LogP contribution is -2.37. The van der Waals surface area contributed by atoms with Crippen LogP contribution in [0.25, 0.3) is 0 Å². The van der Waals surface area contributed by atoms with E-state index >= 15 is 0 Å². The molecule has 0 radical (unpaired) electrons. The second-order valence-electron chi connectivity index (χ2n) is 4.51. The predicted octanol–water partition coefficient (Wildman–Crippen LogP) is 2.44. The maximum atomic E-state index is 12.1. The van der Waals surface area contributed by atoms with E-state index in [1.54, 1.807) is 6.92 Å². The molecule has 0 aromatic heterocycles. The number of para-hydroxylation sites is 1. The van der Waals surface area contributed by atoms with E-state index in [1.807, 2.05) is 31.2 Å². The number of aryl methyl sites for hydroxylation is 1. The maximum absolute atomic E-state index is 12.1. The Hall–Kier alpha value is -1.40. The first-order chi connectivity index (χ1) is 9.52. The summed E-state index contributed by atoms with van der Waals surface area (Å²) >= 11 is 6.43. The highest BCUT2D eigenvalue weighted by Crippen LogP contribution is 2.26. The second-order valence-corrected chi connectivity index (χ2v) is 6.48. The fourth-order valence-corrected chi connectivity index (χ4v) is 3.40. The Kier molecular flexibility index (Phi) is 4.77. The van der Waals surface area contributed by atoms with E-state index in [2.05, 4.69) is 5.32 Å². The van der Waals surface area contributed by atoms with Crippen molar-refractivity contribution < 1.29 is 9.59 Å². The Morgan fingerprint density at radius 2 is 2.15 bits per heavy atom. The van der Waals surface area contributed by atoms with Crippen LogP contribution >= 0.6 is 24.0 Å². The third-order valence-corrected chi connectivity index (χ3v) is 4.57. The average molecular weight is 308 g/mol. The molecule has 1 atom stereocenters. The number of thiocarbonyl (C=S) groups is 1. The van der Waals surface area contributed by atoms with Crippen molar-refractivity contribution in [3.8, 4) is 0 Å². The number of hydrogen-bond acceptors (Lipinski definition) is 4. The van der Waals surface area contributed by atoms with Gasteiger partial charge >= 0.3 is 0 Å². The van der Waals surface area contributed by atoms with Crippen molar-refractivity contribution in [1.82, 2.24) is 4.90 Å². The molecule has 1 fully saturated rings. The number of rotatable bonds is 4. The predicted molar refractivity (Wildman–Crippen MR) is 85.8 cm³/mol. The van der Waals surface area contributed by atoms with Crippen molar-refractivity contribution in [1.29, 1.82) is 0 Å². The van der Waals surface area contributed by atoms with Gasteiger partial charge in [0.05, 0.1) is 5.25 Å². The van der Waals surface area contributed by atoms with E-state index in [1.165, 1.54) is 16.7 Å². The molecule has 1 heterocycles. The summed E-state index contributed by atoms with van der Waals surface area (Å²) in [5.74, 6) is -0.324. The molecule has 1 aromatic carbocycles. The van der Waals surface area contributed by atoms with Gasteiger partial charge in [-0.15, -0.1) is 0 Å². The molecule has 0 aliphatic carbocycles. The molecule has 0 saturated carbocycles. The summed E-state index contributed by atoms with van der Waals surface area (Å²) in [4.78, 5) is 25.3. The minimum atomic E-state index is -0.226. The van der Waals surface area contributed by atoms with Crippen LogP contribution in [0.15, 0.2) is 24.3 Å². The van der Waals surface area contributed by atoms with Gasteiger partial charge in [-0.1, -0.05) is 49.1 Å². The molecule has 1 aromatic rings. The Morgan fingerprint density at radius 1 is 1.45 bits per heavy atom. The highest BCUT2D eigenvalue weighted by Gasteiger charge is 2.34. The molecule has 1 unspecified atom stereocenters. The molecular weight excluding hydrogens is 292 g/mol. The molecule has 1 saturated heterocycles. The minimum Gasteiger partial charge on any atom is -0.324 e.